The molecule has 0 amide bonds. The third-order valence-electron chi connectivity index (χ3n) is 4.40. The number of rotatable bonds is 8. The molecule has 5 nitrogen and oxygen atoms in total. The molecule has 0 aliphatic rings. The summed E-state index contributed by atoms with van der Waals surface area (Å²) in [5, 5.41) is 18.8. The molecule has 1 heterocycles. The third-order valence-corrected chi connectivity index (χ3v) is 4.40. The molecule has 0 saturated heterocycles. The molecule has 130 valence electrons. The van der Waals surface area contributed by atoms with E-state index in [1.165, 1.54) is 0 Å². The molecule has 2 rings (SSSR count). The zero-order chi connectivity index (χ0) is 18.2. The van der Waals surface area contributed by atoms with Crippen molar-refractivity contribution in [1.29, 1.82) is 10.5 Å². The number of anilines is 1. The molecule has 5 heteroatoms. The molecule has 0 atom stereocenters. The Balaban J connectivity index is 2.56. The van der Waals surface area contributed by atoms with Gasteiger partial charge in [0.05, 0.1) is 33.7 Å². The lowest BCUT2D eigenvalue weighted by Crippen LogP contribution is -2.06. The number of unbranched alkanes of at least 4 members (excludes halogenated alkanes) is 4. The smallest absolute Gasteiger partial charge is 0.108 e. The third kappa shape index (κ3) is 4.25. The van der Waals surface area contributed by atoms with E-state index in [0.717, 1.165) is 62.8 Å². The standard InChI is InChI=1S/C20H25N5/c1-3-5-7-9-17-18(10-8-6-4-2)25-20-15(13-22)14(12-21)16(23)11-19(20)24-17/h11H,3-10,23H2,1-2H3. The number of nitriles is 2. The number of hydrogen-bond acceptors (Lipinski definition) is 5. The van der Waals surface area contributed by atoms with Gasteiger partial charge in [-0.05, 0) is 31.7 Å². The Kier molecular flexibility index (Phi) is 6.71. The van der Waals surface area contributed by atoms with Crippen LogP contribution < -0.4 is 5.73 Å². The van der Waals surface area contributed by atoms with Crippen molar-refractivity contribution < 1.29 is 0 Å². The molecule has 2 N–H and O–H groups in total. The summed E-state index contributed by atoms with van der Waals surface area (Å²) < 4.78 is 0. The second kappa shape index (κ2) is 8.99. The van der Waals surface area contributed by atoms with Gasteiger partial charge in [0.1, 0.15) is 17.7 Å². The Bertz CT molecular complexity index is 827. The maximum atomic E-state index is 9.50. The Labute approximate surface area is 149 Å². The number of nitrogen functional groups attached to an aromatic ring is 1. The molecule has 0 radical (unpaired) electrons. The van der Waals surface area contributed by atoms with E-state index in [2.05, 4.69) is 19.9 Å². The molecule has 1 aromatic heterocycles. The zero-order valence-electron chi connectivity index (χ0n) is 15.1. The summed E-state index contributed by atoms with van der Waals surface area (Å²) in [6.45, 7) is 4.35. The molecule has 0 aliphatic heterocycles. The zero-order valence-corrected chi connectivity index (χ0v) is 15.1. The number of fused-ring (bicyclic) bond motifs is 1. The van der Waals surface area contributed by atoms with E-state index in [1.807, 2.05) is 6.07 Å². The summed E-state index contributed by atoms with van der Waals surface area (Å²) in [5.74, 6) is 0. The van der Waals surface area contributed by atoms with Crippen LogP contribution in [0.25, 0.3) is 11.0 Å². The first-order valence-electron chi connectivity index (χ1n) is 9.08. The highest BCUT2D eigenvalue weighted by Gasteiger charge is 2.17. The molecule has 0 fully saturated rings. The molecular weight excluding hydrogens is 310 g/mol. The number of aromatic nitrogens is 2. The molecule has 0 spiro atoms. The predicted molar refractivity (Wildman–Crippen MR) is 99.8 cm³/mol. The first kappa shape index (κ1) is 18.7. The first-order valence-corrected chi connectivity index (χ1v) is 9.08. The van der Waals surface area contributed by atoms with Crippen molar-refractivity contribution in [1.82, 2.24) is 9.97 Å². The Morgan fingerprint density at radius 1 is 0.880 bits per heavy atom. The van der Waals surface area contributed by atoms with Crippen LogP contribution in [0.4, 0.5) is 5.69 Å². The summed E-state index contributed by atoms with van der Waals surface area (Å²) in [6.07, 6.45) is 8.48. The lowest BCUT2D eigenvalue weighted by atomic mass is 10.0. The van der Waals surface area contributed by atoms with Crippen LogP contribution in [0.15, 0.2) is 6.07 Å². The summed E-state index contributed by atoms with van der Waals surface area (Å²) in [6, 6.07) is 5.78. The number of nitrogens with zero attached hydrogens (tertiary/aromatic N) is 4. The van der Waals surface area contributed by atoms with Crippen molar-refractivity contribution >= 4 is 16.7 Å². The van der Waals surface area contributed by atoms with Crippen LogP contribution >= 0.6 is 0 Å². The molecule has 0 aliphatic carbocycles. The average Bonchev–Trinajstić information content (AvgIpc) is 2.61. The van der Waals surface area contributed by atoms with Crippen LogP contribution in [0.2, 0.25) is 0 Å². The van der Waals surface area contributed by atoms with Crippen molar-refractivity contribution in [2.75, 3.05) is 5.73 Å². The van der Waals surface area contributed by atoms with Crippen molar-refractivity contribution in [3.8, 4) is 12.1 Å². The maximum Gasteiger partial charge on any atom is 0.108 e. The fourth-order valence-electron chi connectivity index (χ4n) is 3.00. The Morgan fingerprint density at radius 3 is 1.96 bits per heavy atom. The van der Waals surface area contributed by atoms with Gasteiger partial charge in [0.25, 0.3) is 0 Å². The summed E-state index contributed by atoms with van der Waals surface area (Å²) in [7, 11) is 0. The van der Waals surface area contributed by atoms with Gasteiger partial charge in [-0.15, -0.1) is 0 Å². The largest absolute Gasteiger partial charge is 0.398 e. The Hall–Kier alpha value is -2.66. The summed E-state index contributed by atoms with van der Waals surface area (Å²) in [4.78, 5) is 9.52. The fourth-order valence-corrected chi connectivity index (χ4v) is 3.00. The number of benzene rings is 1. The minimum Gasteiger partial charge on any atom is -0.398 e. The van der Waals surface area contributed by atoms with Crippen molar-refractivity contribution in [3.05, 3.63) is 28.6 Å². The van der Waals surface area contributed by atoms with E-state index in [9.17, 15) is 10.5 Å². The van der Waals surface area contributed by atoms with Crippen molar-refractivity contribution in [2.24, 2.45) is 0 Å². The summed E-state index contributed by atoms with van der Waals surface area (Å²) in [5.41, 5.74) is 9.74. The fraction of sp³-hybridized carbons (Fsp3) is 0.500. The topological polar surface area (TPSA) is 99.4 Å². The molecule has 0 bridgehead atoms. The van der Waals surface area contributed by atoms with Gasteiger partial charge in [0.15, 0.2) is 0 Å². The van der Waals surface area contributed by atoms with Crippen LogP contribution in [-0.2, 0) is 12.8 Å². The highest BCUT2D eigenvalue weighted by atomic mass is 14.8. The van der Waals surface area contributed by atoms with Gasteiger partial charge in [0, 0.05) is 0 Å². The minimum absolute atomic E-state index is 0.197. The van der Waals surface area contributed by atoms with Crippen LogP contribution in [-0.4, -0.2) is 9.97 Å². The highest BCUT2D eigenvalue weighted by Crippen LogP contribution is 2.26. The normalized spacial score (nSPS) is 10.6. The molecule has 25 heavy (non-hydrogen) atoms. The highest BCUT2D eigenvalue weighted by molar-refractivity contribution is 5.88. The average molecular weight is 335 g/mol. The van der Waals surface area contributed by atoms with E-state index in [-0.39, 0.29) is 11.1 Å². The van der Waals surface area contributed by atoms with E-state index in [0.29, 0.717) is 16.7 Å². The second-order valence-electron chi connectivity index (χ2n) is 6.34. The van der Waals surface area contributed by atoms with Gasteiger partial charge in [-0.25, -0.2) is 9.97 Å². The van der Waals surface area contributed by atoms with E-state index in [4.69, 9.17) is 15.7 Å². The lowest BCUT2D eigenvalue weighted by Gasteiger charge is -2.12. The van der Waals surface area contributed by atoms with Crippen LogP contribution in [0.3, 0.4) is 0 Å². The number of nitrogens with two attached hydrogens (primary N) is 1. The van der Waals surface area contributed by atoms with Gasteiger partial charge >= 0.3 is 0 Å². The van der Waals surface area contributed by atoms with Gasteiger partial charge < -0.3 is 5.73 Å². The molecule has 1 aromatic carbocycles. The SMILES string of the molecule is CCCCCc1nc2cc(N)c(C#N)c(C#N)c2nc1CCCCC. The minimum atomic E-state index is 0.197. The van der Waals surface area contributed by atoms with Gasteiger partial charge in [0.2, 0.25) is 0 Å². The molecular formula is C20H25N5. The van der Waals surface area contributed by atoms with Crippen molar-refractivity contribution in [3.63, 3.8) is 0 Å². The number of aryl methyl sites for hydroxylation is 2. The van der Waals surface area contributed by atoms with Crippen molar-refractivity contribution in [2.45, 2.75) is 65.2 Å². The molecule has 0 unspecified atom stereocenters. The van der Waals surface area contributed by atoms with Gasteiger partial charge in [-0.3, -0.25) is 0 Å². The van der Waals surface area contributed by atoms with Crippen LogP contribution in [0, 0.1) is 22.7 Å². The predicted octanol–water partition coefficient (Wildman–Crippen LogP) is 4.42. The van der Waals surface area contributed by atoms with E-state index < -0.39 is 0 Å². The maximum absolute atomic E-state index is 9.50. The van der Waals surface area contributed by atoms with Crippen LogP contribution in [0.1, 0.15) is 74.9 Å². The van der Waals surface area contributed by atoms with E-state index >= 15 is 0 Å². The monoisotopic (exact) mass is 335 g/mol. The second-order valence-corrected chi connectivity index (χ2v) is 6.34. The number of hydrogen-bond donors (Lipinski definition) is 1. The van der Waals surface area contributed by atoms with Gasteiger partial charge in [-0.1, -0.05) is 39.5 Å². The molecule has 0 saturated carbocycles. The van der Waals surface area contributed by atoms with E-state index in [1.54, 1.807) is 6.07 Å². The Morgan fingerprint density at radius 2 is 1.44 bits per heavy atom. The van der Waals surface area contributed by atoms with Crippen LogP contribution in [0.5, 0.6) is 0 Å². The van der Waals surface area contributed by atoms with Gasteiger partial charge in [-0.2, -0.15) is 10.5 Å². The molecule has 2 aromatic rings. The lowest BCUT2D eigenvalue weighted by molar-refractivity contribution is 0.675. The first-order chi connectivity index (χ1) is 12.2. The quantitative estimate of drug-likeness (QED) is 0.568. The summed E-state index contributed by atoms with van der Waals surface area (Å²) >= 11 is 0.